The molecule has 4 heteroatoms. The molecular weight excluding hydrogens is 238 g/mol. The standard InChI is InChI=1S/C15H27N3O/c1-4-14-13(10-18(3)17-14)9-16-11-15(19)7-5-6-12(2)8-15/h10,12,16,19H,4-9,11H2,1-3H3. The maximum Gasteiger partial charge on any atom is 0.0774 e. The van der Waals surface area contributed by atoms with Gasteiger partial charge in [-0.25, -0.2) is 0 Å². The van der Waals surface area contributed by atoms with Crippen LogP contribution in [0.4, 0.5) is 0 Å². The summed E-state index contributed by atoms with van der Waals surface area (Å²) in [5.41, 5.74) is 1.89. The summed E-state index contributed by atoms with van der Waals surface area (Å²) >= 11 is 0. The summed E-state index contributed by atoms with van der Waals surface area (Å²) in [6.07, 6.45) is 7.28. The summed E-state index contributed by atoms with van der Waals surface area (Å²) in [5, 5.41) is 18.4. The van der Waals surface area contributed by atoms with Gasteiger partial charge in [0.25, 0.3) is 0 Å². The third-order valence-electron chi connectivity index (χ3n) is 4.16. The van der Waals surface area contributed by atoms with Crippen LogP contribution in [-0.4, -0.2) is 27.0 Å². The van der Waals surface area contributed by atoms with Crippen LogP contribution in [0.15, 0.2) is 6.20 Å². The molecule has 0 spiro atoms. The maximum absolute atomic E-state index is 10.6. The number of aromatic nitrogens is 2. The third kappa shape index (κ3) is 3.80. The minimum atomic E-state index is -0.508. The zero-order valence-corrected chi connectivity index (χ0v) is 12.4. The lowest BCUT2D eigenvalue weighted by molar-refractivity contribution is -0.0119. The van der Waals surface area contributed by atoms with Gasteiger partial charge in [-0.15, -0.1) is 0 Å². The van der Waals surface area contributed by atoms with E-state index < -0.39 is 5.60 Å². The molecule has 1 fully saturated rings. The molecule has 0 saturated heterocycles. The molecule has 2 rings (SSSR count). The summed E-state index contributed by atoms with van der Waals surface area (Å²) in [4.78, 5) is 0. The Hall–Kier alpha value is -0.870. The van der Waals surface area contributed by atoms with Crippen molar-refractivity contribution in [3.63, 3.8) is 0 Å². The van der Waals surface area contributed by atoms with Crippen molar-refractivity contribution in [2.45, 2.75) is 58.1 Å². The Morgan fingerprint density at radius 2 is 2.37 bits per heavy atom. The van der Waals surface area contributed by atoms with Crippen LogP contribution >= 0.6 is 0 Å². The number of aliphatic hydroxyl groups is 1. The van der Waals surface area contributed by atoms with Gasteiger partial charge in [-0.05, 0) is 25.2 Å². The molecule has 1 saturated carbocycles. The fraction of sp³-hybridized carbons (Fsp3) is 0.800. The van der Waals surface area contributed by atoms with Crippen molar-refractivity contribution in [2.24, 2.45) is 13.0 Å². The highest BCUT2D eigenvalue weighted by atomic mass is 16.3. The molecule has 2 atom stereocenters. The number of rotatable bonds is 5. The second-order valence-corrected chi connectivity index (χ2v) is 6.16. The Labute approximate surface area is 116 Å². The largest absolute Gasteiger partial charge is 0.389 e. The van der Waals surface area contributed by atoms with Gasteiger partial charge in [0, 0.05) is 31.9 Å². The van der Waals surface area contributed by atoms with Crippen LogP contribution in [0.3, 0.4) is 0 Å². The van der Waals surface area contributed by atoms with Gasteiger partial charge in [-0.2, -0.15) is 5.10 Å². The van der Waals surface area contributed by atoms with E-state index in [9.17, 15) is 5.11 Å². The Morgan fingerprint density at radius 1 is 1.58 bits per heavy atom. The lowest BCUT2D eigenvalue weighted by atomic mass is 9.79. The monoisotopic (exact) mass is 265 g/mol. The number of hydrogen-bond donors (Lipinski definition) is 2. The van der Waals surface area contributed by atoms with Gasteiger partial charge in [0.2, 0.25) is 0 Å². The van der Waals surface area contributed by atoms with E-state index in [4.69, 9.17) is 0 Å². The van der Waals surface area contributed by atoms with Gasteiger partial charge in [0.15, 0.2) is 0 Å². The number of nitrogens with one attached hydrogen (secondary N) is 1. The van der Waals surface area contributed by atoms with Gasteiger partial charge in [-0.3, -0.25) is 4.68 Å². The van der Waals surface area contributed by atoms with E-state index in [0.29, 0.717) is 12.5 Å². The Bertz CT molecular complexity index is 416. The maximum atomic E-state index is 10.6. The van der Waals surface area contributed by atoms with Crippen LogP contribution in [-0.2, 0) is 20.0 Å². The summed E-state index contributed by atoms with van der Waals surface area (Å²) in [6.45, 7) is 5.85. The van der Waals surface area contributed by atoms with Gasteiger partial charge in [-0.1, -0.05) is 26.7 Å². The highest BCUT2D eigenvalue weighted by Gasteiger charge is 2.32. The van der Waals surface area contributed by atoms with Crippen LogP contribution in [0.25, 0.3) is 0 Å². The average Bonchev–Trinajstić information content (AvgIpc) is 2.69. The van der Waals surface area contributed by atoms with Crippen LogP contribution in [0.1, 0.15) is 50.8 Å². The zero-order valence-electron chi connectivity index (χ0n) is 12.4. The van der Waals surface area contributed by atoms with Crippen molar-refractivity contribution in [1.29, 1.82) is 0 Å². The molecule has 1 aromatic heterocycles. The molecule has 4 nitrogen and oxygen atoms in total. The first-order valence-corrected chi connectivity index (χ1v) is 7.47. The normalized spacial score (nSPS) is 27.7. The molecule has 0 amide bonds. The van der Waals surface area contributed by atoms with Crippen molar-refractivity contribution in [3.8, 4) is 0 Å². The molecule has 1 aliphatic rings. The van der Waals surface area contributed by atoms with E-state index in [1.807, 2.05) is 11.7 Å². The van der Waals surface area contributed by atoms with Gasteiger partial charge < -0.3 is 10.4 Å². The third-order valence-corrected chi connectivity index (χ3v) is 4.16. The molecule has 1 aromatic rings. The lowest BCUT2D eigenvalue weighted by Gasteiger charge is -2.35. The van der Waals surface area contributed by atoms with E-state index in [-0.39, 0.29) is 0 Å². The van der Waals surface area contributed by atoms with Crippen molar-refractivity contribution in [2.75, 3.05) is 6.54 Å². The van der Waals surface area contributed by atoms with Crippen LogP contribution in [0.2, 0.25) is 0 Å². The number of aryl methyl sites for hydroxylation is 2. The smallest absolute Gasteiger partial charge is 0.0774 e. The molecule has 0 bridgehead atoms. The van der Waals surface area contributed by atoms with E-state index in [1.165, 1.54) is 12.0 Å². The van der Waals surface area contributed by atoms with Crippen LogP contribution < -0.4 is 5.32 Å². The first-order valence-electron chi connectivity index (χ1n) is 7.47. The van der Waals surface area contributed by atoms with Crippen molar-refractivity contribution in [3.05, 3.63) is 17.5 Å². The minimum Gasteiger partial charge on any atom is -0.389 e. The highest BCUT2D eigenvalue weighted by Crippen LogP contribution is 2.31. The molecule has 19 heavy (non-hydrogen) atoms. The Balaban J connectivity index is 1.85. The molecule has 0 aromatic carbocycles. The average molecular weight is 265 g/mol. The summed E-state index contributed by atoms with van der Waals surface area (Å²) in [6, 6.07) is 0. The van der Waals surface area contributed by atoms with E-state index in [0.717, 1.165) is 37.9 Å². The molecule has 2 N–H and O–H groups in total. The SMILES string of the molecule is CCc1nn(C)cc1CNCC1(O)CCCC(C)C1. The van der Waals surface area contributed by atoms with Crippen molar-refractivity contribution >= 4 is 0 Å². The molecule has 1 aliphatic carbocycles. The first kappa shape index (κ1) is 14.5. The number of nitrogens with zero attached hydrogens (tertiary/aromatic N) is 2. The second kappa shape index (κ2) is 6.06. The Kier molecular flexibility index (Phi) is 4.63. The van der Waals surface area contributed by atoms with E-state index >= 15 is 0 Å². The predicted octanol–water partition coefficient (Wildman–Crippen LogP) is 2.01. The topological polar surface area (TPSA) is 50.1 Å². The molecule has 0 aliphatic heterocycles. The quantitative estimate of drug-likeness (QED) is 0.856. The highest BCUT2D eigenvalue weighted by molar-refractivity contribution is 5.16. The fourth-order valence-corrected chi connectivity index (χ4v) is 3.25. The Morgan fingerprint density at radius 3 is 3.05 bits per heavy atom. The molecule has 108 valence electrons. The molecule has 0 radical (unpaired) electrons. The number of hydrogen-bond acceptors (Lipinski definition) is 3. The second-order valence-electron chi connectivity index (χ2n) is 6.16. The fourth-order valence-electron chi connectivity index (χ4n) is 3.25. The van der Waals surface area contributed by atoms with E-state index in [1.54, 1.807) is 0 Å². The van der Waals surface area contributed by atoms with Crippen LogP contribution in [0.5, 0.6) is 0 Å². The first-order chi connectivity index (χ1) is 9.02. The summed E-state index contributed by atoms with van der Waals surface area (Å²) < 4.78 is 1.87. The van der Waals surface area contributed by atoms with Gasteiger partial charge in [0.05, 0.1) is 11.3 Å². The molecular formula is C15H27N3O. The molecule has 2 unspecified atom stereocenters. The summed E-state index contributed by atoms with van der Waals surface area (Å²) in [5.74, 6) is 0.644. The van der Waals surface area contributed by atoms with Crippen LogP contribution in [0, 0.1) is 5.92 Å². The molecule has 1 heterocycles. The van der Waals surface area contributed by atoms with Crippen molar-refractivity contribution in [1.82, 2.24) is 15.1 Å². The van der Waals surface area contributed by atoms with E-state index in [2.05, 4.69) is 30.5 Å². The van der Waals surface area contributed by atoms with Gasteiger partial charge in [0.1, 0.15) is 0 Å². The summed E-state index contributed by atoms with van der Waals surface area (Å²) in [7, 11) is 1.96. The van der Waals surface area contributed by atoms with Crippen molar-refractivity contribution < 1.29 is 5.11 Å². The zero-order chi connectivity index (χ0) is 13.9. The lowest BCUT2D eigenvalue weighted by Crippen LogP contribution is -2.43. The predicted molar refractivity (Wildman–Crippen MR) is 76.9 cm³/mol. The minimum absolute atomic E-state index is 0.508. The van der Waals surface area contributed by atoms with Gasteiger partial charge >= 0.3 is 0 Å².